The number of anilines is 1. The van der Waals surface area contributed by atoms with Gasteiger partial charge in [0.05, 0.1) is 16.3 Å². The molecule has 0 saturated heterocycles. The molecule has 0 radical (unpaired) electrons. The number of halogens is 1. The van der Waals surface area contributed by atoms with Crippen LogP contribution in [0.4, 0.5) is 16.2 Å². The number of nitrogens with zero attached hydrogens (tertiary/aromatic N) is 2. The van der Waals surface area contributed by atoms with Crippen molar-refractivity contribution in [3.05, 3.63) is 33.9 Å². The Morgan fingerprint density at radius 1 is 1.39 bits per heavy atom. The number of hydrogen-bond acceptors (Lipinski definition) is 4. The summed E-state index contributed by atoms with van der Waals surface area (Å²) >= 11 is 3.02. The number of amides is 1. The molecule has 1 aromatic carbocycles. The highest BCUT2D eigenvalue weighted by atomic mass is 79.9. The summed E-state index contributed by atoms with van der Waals surface area (Å²) in [5.41, 5.74) is 0.0104. The number of alkyl halides is 1. The highest BCUT2D eigenvalue weighted by Gasteiger charge is 2.30. The minimum atomic E-state index is -1.29. The number of carbonyl (C=O) groups is 2. The quantitative estimate of drug-likeness (QED) is 0.471. The third kappa shape index (κ3) is 4.28. The van der Waals surface area contributed by atoms with E-state index in [1.807, 2.05) is 0 Å². The van der Waals surface area contributed by atoms with Crippen LogP contribution in [-0.2, 0) is 10.2 Å². The van der Waals surface area contributed by atoms with Crippen molar-refractivity contribution in [1.82, 2.24) is 0 Å². The van der Waals surface area contributed by atoms with Gasteiger partial charge in [-0.2, -0.15) is 0 Å². The van der Waals surface area contributed by atoms with Gasteiger partial charge in [-0.3, -0.25) is 19.8 Å². The van der Waals surface area contributed by atoms with Crippen molar-refractivity contribution < 1.29 is 19.6 Å². The third-order valence-electron chi connectivity index (χ3n) is 3.45. The van der Waals surface area contributed by atoms with Gasteiger partial charge in [0.25, 0.3) is 5.69 Å². The lowest BCUT2D eigenvalue weighted by atomic mass is 9.85. The Kier molecular flexibility index (Phi) is 5.87. The first-order chi connectivity index (χ1) is 10.5. The fourth-order valence-electron chi connectivity index (χ4n) is 2.19. The van der Waals surface area contributed by atoms with Crippen LogP contribution in [0, 0.1) is 10.1 Å². The van der Waals surface area contributed by atoms with Gasteiger partial charge in [0, 0.05) is 17.3 Å². The zero-order chi connectivity index (χ0) is 17.9. The van der Waals surface area contributed by atoms with Crippen LogP contribution in [0.25, 0.3) is 0 Å². The SMILES string of the molecule is CC(C(=O)CBr)N(C(=O)O)c1ccc([N+](=O)[O-])c(C(C)(C)C)c1. The van der Waals surface area contributed by atoms with Crippen molar-refractivity contribution in [2.75, 3.05) is 10.2 Å². The van der Waals surface area contributed by atoms with Crippen molar-refractivity contribution in [3.8, 4) is 0 Å². The number of ketones is 1. The Labute approximate surface area is 142 Å². The molecule has 1 atom stereocenters. The van der Waals surface area contributed by atoms with Crippen LogP contribution in [0.1, 0.15) is 33.3 Å². The largest absolute Gasteiger partial charge is 0.465 e. The molecule has 1 unspecified atom stereocenters. The van der Waals surface area contributed by atoms with Crippen LogP contribution in [0.15, 0.2) is 18.2 Å². The average molecular weight is 387 g/mol. The van der Waals surface area contributed by atoms with E-state index in [0.29, 0.717) is 5.56 Å². The average Bonchev–Trinajstić information content (AvgIpc) is 2.44. The van der Waals surface area contributed by atoms with Gasteiger partial charge in [0.1, 0.15) is 0 Å². The van der Waals surface area contributed by atoms with Crippen molar-refractivity contribution in [2.24, 2.45) is 0 Å². The first-order valence-electron chi connectivity index (χ1n) is 6.90. The molecular weight excluding hydrogens is 368 g/mol. The van der Waals surface area contributed by atoms with Gasteiger partial charge in [-0.25, -0.2) is 4.79 Å². The summed E-state index contributed by atoms with van der Waals surface area (Å²) in [4.78, 5) is 35.0. The lowest BCUT2D eigenvalue weighted by Gasteiger charge is -2.27. The summed E-state index contributed by atoms with van der Waals surface area (Å²) in [5, 5.41) is 20.7. The number of benzene rings is 1. The number of rotatable bonds is 5. The lowest BCUT2D eigenvalue weighted by molar-refractivity contribution is -0.386. The molecule has 1 rings (SSSR count). The zero-order valence-corrected chi connectivity index (χ0v) is 15.0. The van der Waals surface area contributed by atoms with Gasteiger partial charge in [0.15, 0.2) is 5.78 Å². The van der Waals surface area contributed by atoms with E-state index in [-0.39, 0.29) is 22.5 Å². The van der Waals surface area contributed by atoms with Crippen molar-refractivity contribution in [2.45, 2.75) is 39.2 Å². The van der Waals surface area contributed by atoms with Gasteiger partial charge in [-0.1, -0.05) is 36.7 Å². The highest BCUT2D eigenvalue weighted by Crippen LogP contribution is 2.35. The van der Waals surface area contributed by atoms with E-state index in [4.69, 9.17) is 0 Å². The summed E-state index contributed by atoms with van der Waals surface area (Å²) in [5.74, 6) is -0.303. The number of carboxylic acid groups (broad SMARTS) is 1. The fraction of sp³-hybridized carbons (Fsp3) is 0.467. The van der Waals surface area contributed by atoms with E-state index < -0.39 is 22.5 Å². The van der Waals surface area contributed by atoms with E-state index >= 15 is 0 Å². The Balaban J connectivity index is 3.49. The summed E-state index contributed by atoms with van der Waals surface area (Å²) in [6, 6.07) is 3.18. The van der Waals surface area contributed by atoms with Gasteiger partial charge in [-0.15, -0.1) is 0 Å². The molecule has 0 bridgehead atoms. The molecule has 1 N–H and O–H groups in total. The second-order valence-corrected chi connectivity index (χ2v) is 6.70. The topological polar surface area (TPSA) is 101 Å². The Hall–Kier alpha value is -1.96. The number of nitro groups is 1. The van der Waals surface area contributed by atoms with E-state index in [0.717, 1.165) is 4.90 Å². The van der Waals surface area contributed by atoms with Crippen molar-refractivity contribution >= 4 is 39.2 Å². The molecule has 8 heteroatoms. The molecular formula is C15H19BrN2O5. The van der Waals surface area contributed by atoms with E-state index in [1.54, 1.807) is 20.8 Å². The van der Waals surface area contributed by atoms with Crippen LogP contribution in [-0.4, -0.2) is 33.3 Å². The summed E-state index contributed by atoms with van der Waals surface area (Å²) in [6.07, 6.45) is -1.29. The Bertz CT molecular complexity index is 639. The Morgan fingerprint density at radius 2 is 1.96 bits per heavy atom. The van der Waals surface area contributed by atoms with Gasteiger partial charge >= 0.3 is 6.09 Å². The maximum absolute atomic E-state index is 11.8. The second-order valence-electron chi connectivity index (χ2n) is 6.14. The molecule has 0 fully saturated rings. The molecule has 0 heterocycles. The van der Waals surface area contributed by atoms with Crippen molar-refractivity contribution in [1.29, 1.82) is 0 Å². The minimum Gasteiger partial charge on any atom is -0.465 e. The normalized spacial score (nSPS) is 12.6. The Morgan fingerprint density at radius 3 is 2.35 bits per heavy atom. The third-order valence-corrected chi connectivity index (χ3v) is 4.01. The molecule has 0 aliphatic heterocycles. The van der Waals surface area contributed by atoms with Gasteiger partial charge in [-0.05, 0) is 24.5 Å². The summed E-state index contributed by atoms with van der Waals surface area (Å²) in [6.45, 7) is 6.89. The van der Waals surface area contributed by atoms with Crippen LogP contribution in [0.3, 0.4) is 0 Å². The first kappa shape index (κ1) is 19.1. The number of carbonyl (C=O) groups excluding carboxylic acids is 1. The number of Topliss-reactive ketones (excluding diaryl/α,β-unsaturated/α-hetero) is 1. The van der Waals surface area contributed by atoms with Crippen LogP contribution >= 0.6 is 15.9 Å². The summed E-state index contributed by atoms with van der Waals surface area (Å²) in [7, 11) is 0. The molecule has 0 aliphatic rings. The fourth-order valence-corrected chi connectivity index (χ4v) is 2.66. The molecule has 126 valence electrons. The van der Waals surface area contributed by atoms with Crippen molar-refractivity contribution in [3.63, 3.8) is 0 Å². The molecule has 0 aliphatic carbocycles. The zero-order valence-electron chi connectivity index (χ0n) is 13.4. The standard InChI is InChI=1S/C15H19BrN2O5/c1-9(13(19)8-16)17(14(20)21)10-5-6-12(18(22)23)11(7-10)15(2,3)4/h5-7,9H,8H2,1-4H3,(H,20,21). The van der Waals surface area contributed by atoms with Crippen LogP contribution < -0.4 is 4.90 Å². The molecule has 0 aromatic heterocycles. The lowest BCUT2D eigenvalue weighted by Crippen LogP contribution is -2.43. The van der Waals surface area contributed by atoms with Crippen LogP contribution in [0.2, 0.25) is 0 Å². The minimum absolute atomic E-state index is 0.0249. The van der Waals surface area contributed by atoms with E-state index in [2.05, 4.69) is 15.9 Å². The molecule has 1 aromatic rings. The maximum Gasteiger partial charge on any atom is 0.412 e. The maximum atomic E-state index is 11.8. The molecule has 1 amide bonds. The number of hydrogen-bond donors (Lipinski definition) is 1. The van der Waals surface area contributed by atoms with E-state index in [9.17, 15) is 24.8 Å². The molecule has 0 saturated carbocycles. The molecule has 23 heavy (non-hydrogen) atoms. The predicted molar refractivity (Wildman–Crippen MR) is 90.6 cm³/mol. The van der Waals surface area contributed by atoms with Crippen LogP contribution in [0.5, 0.6) is 0 Å². The second kappa shape index (κ2) is 7.08. The highest BCUT2D eigenvalue weighted by molar-refractivity contribution is 9.09. The first-order valence-corrected chi connectivity index (χ1v) is 8.02. The smallest absolute Gasteiger partial charge is 0.412 e. The van der Waals surface area contributed by atoms with Gasteiger partial charge < -0.3 is 5.11 Å². The molecule has 0 spiro atoms. The van der Waals surface area contributed by atoms with E-state index in [1.165, 1.54) is 25.1 Å². The molecule has 7 nitrogen and oxygen atoms in total. The monoisotopic (exact) mass is 386 g/mol. The summed E-state index contributed by atoms with van der Waals surface area (Å²) < 4.78 is 0. The van der Waals surface area contributed by atoms with Gasteiger partial charge in [0.2, 0.25) is 0 Å². The predicted octanol–water partition coefficient (Wildman–Crippen LogP) is 3.73. The number of nitro benzene ring substituents is 1.